The van der Waals surface area contributed by atoms with Crippen LogP contribution in [0.2, 0.25) is 10.0 Å². The standard InChI is InChI=1S/C14H9Cl2N3O3/c1-5-2-3-7(15)11(10(5)16)19-8(20)4-6-9(12(19)17)14(22)18-13(6)21/h2-4H,17H2,1H3,(H,18,21,22). The van der Waals surface area contributed by atoms with E-state index in [2.05, 4.69) is 5.32 Å². The summed E-state index contributed by atoms with van der Waals surface area (Å²) in [5.41, 5.74) is 6.10. The van der Waals surface area contributed by atoms with Gasteiger partial charge in [-0.3, -0.25) is 24.3 Å². The van der Waals surface area contributed by atoms with Crippen molar-refractivity contribution >= 4 is 40.8 Å². The molecule has 112 valence electrons. The number of halogens is 2. The first-order valence-electron chi connectivity index (χ1n) is 6.19. The highest BCUT2D eigenvalue weighted by Gasteiger charge is 2.32. The zero-order valence-corrected chi connectivity index (χ0v) is 12.7. The summed E-state index contributed by atoms with van der Waals surface area (Å²) in [4.78, 5) is 35.8. The zero-order chi connectivity index (χ0) is 16.2. The van der Waals surface area contributed by atoms with Crippen LogP contribution in [0.3, 0.4) is 0 Å². The third-order valence-corrected chi connectivity index (χ3v) is 4.22. The number of benzene rings is 1. The Balaban J connectivity index is 2.43. The van der Waals surface area contributed by atoms with Crippen LogP contribution in [-0.2, 0) is 0 Å². The van der Waals surface area contributed by atoms with E-state index in [9.17, 15) is 14.4 Å². The molecular formula is C14H9Cl2N3O3. The summed E-state index contributed by atoms with van der Waals surface area (Å²) < 4.78 is 1.04. The van der Waals surface area contributed by atoms with E-state index in [1.807, 2.05) is 0 Å². The molecule has 2 amide bonds. The number of fused-ring (bicyclic) bond motifs is 1. The van der Waals surface area contributed by atoms with Gasteiger partial charge in [0.2, 0.25) is 0 Å². The molecule has 2 aromatic rings. The van der Waals surface area contributed by atoms with E-state index < -0.39 is 17.4 Å². The van der Waals surface area contributed by atoms with Crippen LogP contribution in [0.5, 0.6) is 0 Å². The van der Waals surface area contributed by atoms with Crippen LogP contribution >= 0.6 is 23.2 Å². The molecule has 0 aliphatic carbocycles. The van der Waals surface area contributed by atoms with E-state index in [0.717, 1.165) is 10.6 Å². The normalized spacial score (nSPS) is 13.2. The van der Waals surface area contributed by atoms with Gasteiger partial charge in [-0.15, -0.1) is 0 Å². The summed E-state index contributed by atoms with van der Waals surface area (Å²) in [7, 11) is 0. The van der Waals surface area contributed by atoms with Crippen molar-refractivity contribution in [2.75, 3.05) is 5.73 Å². The molecule has 1 aromatic carbocycles. The van der Waals surface area contributed by atoms with E-state index in [-0.39, 0.29) is 32.7 Å². The highest BCUT2D eigenvalue weighted by molar-refractivity contribution is 6.38. The lowest BCUT2D eigenvalue weighted by molar-refractivity contribution is 0.0880. The number of hydrogen-bond acceptors (Lipinski definition) is 4. The molecule has 2 heterocycles. The van der Waals surface area contributed by atoms with Gasteiger partial charge in [-0.1, -0.05) is 29.3 Å². The van der Waals surface area contributed by atoms with Crippen molar-refractivity contribution in [1.82, 2.24) is 9.88 Å². The van der Waals surface area contributed by atoms with Crippen LogP contribution in [-0.4, -0.2) is 16.4 Å². The number of hydrogen-bond donors (Lipinski definition) is 2. The number of nitrogens with one attached hydrogen (secondary N) is 1. The maximum absolute atomic E-state index is 12.3. The second-order valence-corrected chi connectivity index (χ2v) is 5.59. The molecule has 0 unspecified atom stereocenters. The number of nitrogen functional groups attached to an aromatic ring is 1. The maximum atomic E-state index is 12.3. The summed E-state index contributed by atoms with van der Waals surface area (Å²) in [6.45, 7) is 1.74. The van der Waals surface area contributed by atoms with Gasteiger partial charge in [0, 0.05) is 6.07 Å². The van der Waals surface area contributed by atoms with Gasteiger partial charge in [-0.2, -0.15) is 0 Å². The molecule has 0 fully saturated rings. The Kier molecular flexibility index (Phi) is 3.23. The molecule has 22 heavy (non-hydrogen) atoms. The average Bonchev–Trinajstić information content (AvgIpc) is 2.73. The molecule has 1 aliphatic rings. The van der Waals surface area contributed by atoms with E-state index in [0.29, 0.717) is 5.56 Å². The topological polar surface area (TPSA) is 94.2 Å². The second-order valence-electron chi connectivity index (χ2n) is 4.80. The molecule has 3 N–H and O–H groups in total. The summed E-state index contributed by atoms with van der Waals surface area (Å²) in [5.74, 6) is -1.50. The quantitative estimate of drug-likeness (QED) is 0.777. The molecule has 8 heteroatoms. The van der Waals surface area contributed by atoms with Crippen molar-refractivity contribution in [3.05, 3.63) is 55.3 Å². The number of nitrogens with two attached hydrogens (primary N) is 1. The van der Waals surface area contributed by atoms with Crippen molar-refractivity contribution in [2.45, 2.75) is 6.92 Å². The maximum Gasteiger partial charge on any atom is 0.262 e. The van der Waals surface area contributed by atoms with E-state index in [4.69, 9.17) is 28.9 Å². The molecule has 1 aliphatic heterocycles. The Hall–Kier alpha value is -2.31. The summed E-state index contributed by atoms with van der Waals surface area (Å²) in [6, 6.07) is 4.31. The number of imide groups is 1. The number of pyridine rings is 1. The minimum Gasteiger partial charge on any atom is -0.384 e. The van der Waals surface area contributed by atoms with Crippen molar-refractivity contribution in [3.8, 4) is 5.69 Å². The molecule has 0 saturated heterocycles. The van der Waals surface area contributed by atoms with E-state index in [1.165, 1.54) is 0 Å². The largest absolute Gasteiger partial charge is 0.384 e. The predicted molar refractivity (Wildman–Crippen MR) is 83.0 cm³/mol. The van der Waals surface area contributed by atoms with Crippen LogP contribution in [0.15, 0.2) is 23.0 Å². The SMILES string of the molecule is Cc1ccc(Cl)c(-n2c(N)c3c(cc2=O)C(=O)NC3=O)c1Cl. The molecule has 0 spiro atoms. The van der Waals surface area contributed by atoms with Gasteiger partial charge in [-0.05, 0) is 18.6 Å². The third-order valence-electron chi connectivity index (χ3n) is 3.44. The highest BCUT2D eigenvalue weighted by Crippen LogP contribution is 2.33. The lowest BCUT2D eigenvalue weighted by Gasteiger charge is -2.15. The second kappa shape index (κ2) is 4.86. The first-order valence-corrected chi connectivity index (χ1v) is 6.94. The van der Waals surface area contributed by atoms with E-state index in [1.54, 1.807) is 19.1 Å². The van der Waals surface area contributed by atoms with Crippen molar-refractivity contribution in [2.24, 2.45) is 0 Å². The van der Waals surface area contributed by atoms with Crippen LogP contribution in [0.1, 0.15) is 26.3 Å². The van der Waals surface area contributed by atoms with Crippen molar-refractivity contribution in [1.29, 1.82) is 0 Å². The van der Waals surface area contributed by atoms with Gasteiger partial charge in [0.25, 0.3) is 17.4 Å². The number of amides is 2. The fourth-order valence-corrected chi connectivity index (χ4v) is 2.90. The van der Waals surface area contributed by atoms with Gasteiger partial charge >= 0.3 is 0 Å². The Bertz CT molecular complexity index is 919. The fourth-order valence-electron chi connectivity index (χ4n) is 2.36. The van der Waals surface area contributed by atoms with Gasteiger partial charge in [0.1, 0.15) is 5.82 Å². The smallest absolute Gasteiger partial charge is 0.262 e. The van der Waals surface area contributed by atoms with Gasteiger partial charge in [0.05, 0.1) is 26.9 Å². The number of carbonyl (C=O) groups excluding carboxylic acids is 2. The molecule has 3 rings (SSSR count). The Morgan fingerprint density at radius 1 is 1.14 bits per heavy atom. The monoisotopic (exact) mass is 337 g/mol. The van der Waals surface area contributed by atoms with Crippen molar-refractivity contribution < 1.29 is 9.59 Å². The van der Waals surface area contributed by atoms with Gasteiger partial charge < -0.3 is 5.73 Å². The number of aryl methyl sites for hydroxylation is 1. The minimum absolute atomic E-state index is 0.0522. The predicted octanol–water partition coefficient (Wildman–Crippen LogP) is 1.92. The Labute approximate surface area is 134 Å². The minimum atomic E-state index is -0.661. The number of nitrogens with zero attached hydrogens (tertiary/aromatic N) is 1. The van der Waals surface area contributed by atoms with Crippen LogP contribution in [0.25, 0.3) is 5.69 Å². The van der Waals surface area contributed by atoms with E-state index >= 15 is 0 Å². The summed E-state index contributed by atoms with van der Waals surface area (Å²) in [6.07, 6.45) is 0. The Morgan fingerprint density at radius 3 is 2.50 bits per heavy atom. The van der Waals surface area contributed by atoms with Crippen LogP contribution in [0, 0.1) is 6.92 Å². The number of anilines is 1. The summed E-state index contributed by atoms with van der Waals surface area (Å²) in [5, 5.41) is 2.54. The molecule has 0 atom stereocenters. The molecule has 1 aromatic heterocycles. The van der Waals surface area contributed by atoms with Crippen LogP contribution in [0.4, 0.5) is 5.82 Å². The molecule has 0 radical (unpaired) electrons. The van der Waals surface area contributed by atoms with Crippen molar-refractivity contribution in [3.63, 3.8) is 0 Å². The average molecular weight is 338 g/mol. The molecular weight excluding hydrogens is 329 g/mol. The number of rotatable bonds is 1. The third kappa shape index (κ3) is 1.92. The Morgan fingerprint density at radius 2 is 1.82 bits per heavy atom. The highest BCUT2D eigenvalue weighted by atomic mass is 35.5. The van der Waals surface area contributed by atoms with Gasteiger partial charge in [-0.25, -0.2) is 0 Å². The zero-order valence-electron chi connectivity index (χ0n) is 11.2. The lowest BCUT2D eigenvalue weighted by atomic mass is 10.1. The number of aromatic nitrogens is 1. The first kappa shape index (κ1) is 14.6. The fraction of sp³-hybridized carbons (Fsp3) is 0.0714. The first-order chi connectivity index (χ1) is 10.3. The van der Waals surface area contributed by atoms with Crippen LogP contribution < -0.4 is 16.6 Å². The number of carbonyl (C=O) groups is 2. The molecule has 0 bridgehead atoms. The van der Waals surface area contributed by atoms with Gasteiger partial charge in [0.15, 0.2) is 0 Å². The molecule has 6 nitrogen and oxygen atoms in total. The lowest BCUT2D eigenvalue weighted by Crippen LogP contribution is -2.24. The molecule has 0 saturated carbocycles. The summed E-state index contributed by atoms with van der Waals surface area (Å²) >= 11 is 12.4.